The molecular formula is C14H14Cl3N3O3S2. The maximum absolute atomic E-state index is 12.6. The molecule has 0 spiro atoms. The Bertz CT molecular complexity index is 907. The van der Waals surface area contributed by atoms with Crippen LogP contribution >= 0.6 is 46.1 Å². The number of anilines is 1. The SMILES string of the molecule is CCC(C)(C(N)=O)c1csc(NS(=O)(=O)c2c(Cl)cc(Cl)cc2Cl)n1. The van der Waals surface area contributed by atoms with E-state index < -0.39 is 21.3 Å². The molecule has 3 N–H and O–H groups in total. The molecule has 0 aliphatic rings. The Labute approximate surface area is 164 Å². The molecule has 0 aliphatic carbocycles. The lowest BCUT2D eigenvalue weighted by molar-refractivity contribution is -0.123. The van der Waals surface area contributed by atoms with Gasteiger partial charge in [0.15, 0.2) is 5.13 Å². The number of halogens is 3. The highest BCUT2D eigenvalue weighted by molar-refractivity contribution is 7.93. The van der Waals surface area contributed by atoms with Gasteiger partial charge in [-0.25, -0.2) is 13.4 Å². The van der Waals surface area contributed by atoms with E-state index in [-0.39, 0.29) is 25.1 Å². The third kappa shape index (κ3) is 4.03. The lowest BCUT2D eigenvalue weighted by atomic mass is 9.84. The number of nitrogens with two attached hydrogens (primary N) is 1. The Morgan fingerprint density at radius 1 is 1.32 bits per heavy atom. The van der Waals surface area contributed by atoms with Gasteiger partial charge < -0.3 is 5.73 Å². The van der Waals surface area contributed by atoms with E-state index in [4.69, 9.17) is 40.5 Å². The number of carbonyl (C=O) groups is 1. The molecule has 25 heavy (non-hydrogen) atoms. The fourth-order valence-electron chi connectivity index (χ4n) is 2.01. The smallest absolute Gasteiger partial charge is 0.266 e. The first kappa shape index (κ1) is 20.3. The number of hydrogen-bond donors (Lipinski definition) is 2. The Morgan fingerprint density at radius 2 is 1.88 bits per heavy atom. The third-order valence-corrected chi connectivity index (χ3v) is 7.14. The number of primary amides is 1. The van der Waals surface area contributed by atoms with Crippen molar-refractivity contribution in [2.24, 2.45) is 5.73 Å². The van der Waals surface area contributed by atoms with E-state index in [1.54, 1.807) is 19.2 Å². The maximum atomic E-state index is 12.6. The normalized spacial score (nSPS) is 14.1. The third-order valence-electron chi connectivity index (χ3n) is 3.77. The number of nitrogens with one attached hydrogen (secondary N) is 1. The molecule has 1 heterocycles. The van der Waals surface area contributed by atoms with Gasteiger partial charge >= 0.3 is 0 Å². The Hall–Kier alpha value is -1.06. The standard InChI is InChI=1S/C14H14Cl3N3O3S2/c1-3-14(2,12(18)21)10-6-24-13(19-10)20-25(22,23)11-8(16)4-7(15)5-9(11)17/h4-6H,3H2,1-2H3,(H2,18,21)(H,19,20). The van der Waals surface area contributed by atoms with Crippen molar-refractivity contribution in [3.63, 3.8) is 0 Å². The van der Waals surface area contributed by atoms with Crippen LogP contribution in [0.5, 0.6) is 0 Å². The molecule has 0 saturated heterocycles. The van der Waals surface area contributed by atoms with Gasteiger partial charge in [0.2, 0.25) is 5.91 Å². The van der Waals surface area contributed by atoms with Crippen LogP contribution in [0.4, 0.5) is 5.13 Å². The minimum atomic E-state index is -4.09. The summed E-state index contributed by atoms with van der Waals surface area (Å²) in [4.78, 5) is 15.6. The van der Waals surface area contributed by atoms with Crippen molar-refractivity contribution in [2.45, 2.75) is 30.6 Å². The molecule has 6 nitrogen and oxygen atoms in total. The van der Waals surface area contributed by atoms with E-state index in [1.165, 1.54) is 12.1 Å². The molecule has 136 valence electrons. The van der Waals surface area contributed by atoms with Gasteiger partial charge in [0, 0.05) is 10.4 Å². The molecule has 1 unspecified atom stereocenters. The monoisotopic (exact) mass is 441 g/mol. The summed E-state index contributed by atoms with van der Waals surface area (Å²) in [7, 11) is -4.09. The van der Waals surface area contributed by atoms with Crippen LogP contribution < -0.4 is 10.5 Å². The zero-order valence-electron chi connectivity index (χ0n) is 13.1. The van der Waals surface area contributed by atoms with Gasteiger partial charge in [0.25, 0.3) is 10.0 Å². The van der Waals surface area contributed by atoms with Gasteiger partial charge in [0.1, 0.15) is 4.90 Å². The van der Waals surface area contributed by atoms with Crippen molar-refractivity contribution >= 4 is 67.2 Å². The molecule has 11 heteroatoms. The molecule has 0 saturated carbocycles. The van der Waals surface area contributed by atoms with E-state index in [1.807, 2.05) is 0 Å². The summed E-state index contributed by atoms with van der Waals surface area (Å²) in [5.41, 5.74) is 4.83. The number of carbonyl (C=O) groups excluding carboxylic acids is 1. The number of hydrogen-bond acceptors (Lipinski definition) is 5. The van der Waals surface area contributed by atoms with E-state index >= 15 is 0 Å². The number of amides is 1. The van der Waals surface area contributed by atoms with Crippen molar-refractivity contribution in [3.8, 4) is 0 Å². The lowest BCUT2D eigenvalue weighted by Gasteiger charge is -2.21. The average Bonchev–Trinajstić information content (AvgIpc) is 2.92. The topological polar surface area (TPSA) is 102 Å². The predicted octanol–water partition coefficient (Wildman–Crippen LogP) is 4.06. The number of thiazole rings is 1. The molecular weight excluding hydrogens is 429 g/mol. The summed E-state index contributed by atoms with van der Waals surface area (Å²) < 4.78 is 27.4. The molecule has 2 aromatic rings. The number of nitrogens with zero attached hydrogens (tertiary/aromatic N) is 1. The second kappa shape index (κ2) is 7.28. The van der Waals surface area contributed by atoms with Crippen LogP contribution in [0.2, 0.25) is 15.1 Å². The van der Waals surface area contributed by atoms with Crippen LogP contribution in [0.15, 0.2) is 22.4 Å². The highest BCUT2D eigenvalue weighted by Gasteiger charge is 2.34. The maximum Gasteiger partial charge on any atom is 0.266 e. The van der Waals surface area contributed by atoms with Gasteiger partial charge in [-0.1, -0.05) is 41.7 Å². The molecule has 0 bridgehead atoms. The fraction of sp³-hybridized carbons (Fsp3) is 0.286. The summed E-state index contributed by atoms with van der Waals surface area (Å²) in [5, 5.41) is 1.63. The number of benzene rings is 1. The summed E-state index contributed by atoms with van der Waals surface area (Å²) in [5.74, 6) is -0.543. The van der Waals surface area contributed by atoms with Crippen LogP contribution in [0.3, 0.4) is 0 Å². The Balaban J connectivity index is 2.40. The van der Waals surface area contributed by atoms with Crippen LogP contribution in [-0.2, 0) is 20.2 Å². The van der Waals surface area contributed by atoms with Crippen molar-refractivity contribution in [2.75, 3.05) is 4.72 Å². The average molecular weight is 443 g/mol. The fourth-order valence-corrected chi connectivity index (χ4v) is 5.65. The number of sulfonamides is 1. The zero-order valence-corrected chi connectivity index (χ0v) is 17.0. The highest BCUT2D eigenvalue weighted by atomic mass is 35.5. The highest BCUT2D eigenvalue weighted by Crippen LogP contribution is 2.35. The Kier molecular flexibility index (Phi) is 5.90. The van der Waals surface area contributed by atoms with Gasteiger partial charge in [-0.15, -0.1) is 11.3 Å². The minimum absolute atomic E-state index is 0.0676. The molecule has 2 rings (SSSR count). The molecule has 1 aromatic carbocycles. The van der Waals surface area contributed by atoms with Crippen molar-refractivity contribution in [1.82, 2.24) is 4.98 Å². The van der Waals surface area contributed by atoms with Crippen LogP contribution in [-0.4, -0.2) is 19.3 Å². The van der Waals surface area contributed by atoms with Gasteiger partial charge in [-0.05, 0) is 25.5 Å². The van der Waals surface area contributed by atoms with Crippen molar-refractivity contribution in [1.29, 1.82) is 0 Å². The van der Waals surface area contributed by atoms with E-state index in [2.05, 4.69) is 9.71 Å². The minimum Gasteiger partial charge on any atom is -0.369 e. The first-order chi connectivity index (χ1) is 11.5. The largest absolute Gasteiger partial charge is 0.369 e. The molecule has 0 fully saturated rings. The molecule has 1 amide bonds. The first-order valence-electron chi connectivity index (χ1n) is 6.94. The number of rotatable bonds is 6. The molecule has 1 atom stereocenters. The van der Waals surface area contributed by atoms with Gasteiger partial charge in [0.05, 0.1) is 21.2 Å². The van der Waals surface area contributed by atoms with Crippen LogP contribution in [0.1, 0.15) is 26.0 Å². The summed E-state index contributed by atoms with van der Waals surface area (Å²) in [6.07, 6.45) is 0.424. The van der Waals surface area contributed by atoms with Crippen LogP contribution in [0.25, 0.3) is 0 Å². The Morgan fingerprint density at radius 3 is 2.36 bits per heavy atom. The van der Waals surface area contributed by atoms with Gasteiger partial charge in [-0.2, -0.15) is 0 Å². The number of aromatic nitrogens is 1. The lowest BCUT2D eigenvalue weighted by Crippen LogP contribution is -2.38. The zero-order chi connectivity index (χ0) is 19.0. The summed E-state index contributed by atoms with van der Waals surface area (Å²) in [6, 6.07) is 2.55. The predicted molar refractivity (Wildman–Crippen MR) is 101 cm³/mol. The van der Waals surface area contributed by atoms with Crippen molar-refractivity contribution in [3.05, 3.63) is 38.3 Å². The molecule has 1 aromatic heterocycles. The summed E-state index contributed by atoms with van der Waals surface area (Å²) in [6.45, 7) is 3.44. The van der Waals surface area contributed by atoms with E-state index in [9.17, 15) is 13.2 Å². The van der Waals surface area contributed by atoms with Crippen LogP contribution in [0, 0.1) is 0 Å². The second-order valence-electron chi connectivity index (χ2n) is 5.39. The first-order valence-corrected chi connectivity index (χ1v) is 10.4. The van der Waals surface area contributed by atoms with Crippen molar-refractivity contribution < 1.29 is 13.2 Å². The quantitative estimate of drug-likeness (QED) is 0.704. The second-order valence-corrected chi connectivity index (χ2v) is 9.12. The van der Waals surface area contributed by atoms with E-state index in [0.29, 0.717) is 12.1 Å². The van der Waals surface area contributed by atoms with Gasteiger partial charge in [-0.3, -0.25) is 9.52 Å². The van der Waals surface area contributed by atoms with E-state index in [0.717, 1.165) is 11.3 Å². The summed E-state index contributed by atoms with van der Waals surface area (Å²) >= 11 is 18.7. The molecule has 0 radical (unpaired) electrons. The molecule has 0 aliphatic heterocycles.